The molecule has 1 saturated heterocycles. The number of nitrogens with zero attached hydrogens (tertiary/aromatic N) is 4. The third-order valence-electron chi connectivity index (χ3n) is 5.49. The first-order valence-electron chi connectivity index (χ1n) is 10.4. The van der Waals surface area contributed by atoms with E-state index in [0.29, 0.717) is 18.1 Å². The van der Waals surface area contributed by atoms with Gasteiger partial charge in [-0.1, -0.05) is 37.3 Å². The molecule has 2 aromatic heterocycles. The maximum Gasteiger partial charge on any atom is 0.147 e. The third kappa shape index (κ3) is 4.87. The number of rotatable bonds is 6. The monoisotopic (exact) mass is 408 g/mol. The molecule has 0 bridgehead atoms. The van der Waals surface area contributed by atoms with E-state index in [9.17, 15) is 4.79 Å². The molecule has 29 heavy (non-hydrogen) atoms. The highest BCUT2D eigenvalue weighted by Crippen LogP contribution is 2.27. The molecule has 1 aliphatic rings. The summed E-state index contributed by atoms with van der Waals surface area (Å²) in [6.45, 7) is 9.52. The van der Waals surface area contributed by atoms with Gasteiger partial charge in [0.15, 0.2) is 0 Å². The van der Waals surface area contributed by atoms with Gasteiger partial charge in [0.05, 0.1) is 0 Å². The predicted molar refractivity (Wildman–Crippen MR) is 118 cm³/mol. The summed E-state index contributed by atoms with van der Waals surface area (Å²) in [6, 6.07) is 8.29. The van der Waals surface area contributed by atoms with Gasteiger partial charge in [-0.2, -0.15) is 0 Å². The first-order valence-corrected chi connectivity index (χ1v) is 11.2. The number of likely N-dealkylation sites (tertiary alicyclic amines) is 1. The lowest BCUT2D eigenvalue weighted by atomic mass is 9.90. The molecule has 0 spiro atoms. The molecule has 0 aliphatic carbocycles. The summed E-state index contributed by atoms with van der Waals surface area (Å²) < 4.78 is 0. The van der Waals surface area contributed by atoms with Gasteiger partial charge < -0.3 is 4.90 Å². The van der Waals surface area contributed by atoms with E-state index < -0.39 is 0 Å². The highest BCUT2D eigenvalue weighted by Gasteiger charge is 2.26. The van der Waals surface area contributed by atoms with Gasteiger partial charge in [-0.15, -0.1) is 10.2 Å². The fraction of sp³-hybridized carbons (Fsp3) is 0.478. The summed E-state index contributed by atoms with van der Waals surface area (Å²) in [6.07, 6.45) is 4.40. The fourth-order valence-electron chi connectivity index (χ4n) is 4.15. The van der Waals surface area contributed by atoms with Gasteiger partial charge in [0.2, 0.25) is 0 Å². The molecular formula is C23H28N4OS. The summed E-state index contributed by atoms with van der Waals surface area (Å²) in [7, 11) is 0. The van der Waals surface area contributed by atoms with Gasteiger partial charge >= 0.3 is 0 Å². The maximum absolute atomic E-state index is 12.9. The summed E-state index contributed by atoms with van der Waals surface area (Å²) in [4.78, 5) is 19.9. The fourth-order valence-corrected chi connectivity index (χ4v) is 4.84. The lowest BCUT2D eigenvalue weighted by Crippen LogP contribution is -2.40. The number of carbonyl (C=O) groups excluding carboxylic acids is 1. The predicted octanol–water partition coefficient (Wildman–Crippen LogP) is 4.54. The zero-order chi connectivity index (χ0) is 20.4. The van der Waals surface area contributed by atoms with Crippen LogP contribution in [0.1, 0.15) is 37.4 Å². The van der Waals surface area contributed by atoms with Gasteiger partial charge in [0.25, 0.3) is 0 Å². The van der Waals surface area contributed by atoms with Crippen LogP contribution < -0.4 is 0 Å². The van der Waals surface area contributed by atoms with Gasteiger partial charge in [-0.05, 0) is 49.7 Å². The van der Waals surface area contributed by atoms with Crippen LogP contribution in [0.25, 0.3) is 21.3 Å². The second-order valence-corrected chi connectivity index (χ2v) is 9.68. The molecule has 5 nitrogen and oxygen atoms in total. The molecule has 0 N–H and O–H groups in total. The van der Waals surface area contributed by atoms with Crippen molar-refractivity contribution in [1.82, 2.24) is 20.1 Å². The van der Waals surface area contributed by atoms with Crippen LogP contribution in [-0.2, 0) is 11.2 Å². The number of fused-ring (bicyclic) bond motifs is 1. The average molecular weight is 409 g/mol. The molecule has 4 rings (SSSR count). The summed E-state index contributed by atoms with van der Waals surface area (Å²) in [5, 5.41) is 12.4. The van der Waals surface area contributed by atoms with Gasteiger partial charge in [0.1, 0.15) is 15.8 Å². The highest BCUT2D eigenvalue weighted by atomic mass is 32.1. The van der Waals surface area contributed by atoms with Crippen molar-refractivity contribution in [2.75, 3.05) is 19.6 Å². The van der Waals surface area contributed by atoms with E-state index in [0.717, 1.165) is 64.5 Å². The van der Waals surface area contributed by atoms with Crippen LogP contribution in [-0.4, -0.2) is 45.5 Å². The zero-order valence-corrected chi connectivity index (χ0v) is 18.2. The summed E-state index contributed by atoms with van der Waals surface area (Å²) >= 11 is 1.59. The normalized spacial score (nSPS) is 17.9. The highest BCUT2D eigenvalue weighted by molar-refractivity contribution is 7.14. The molecule has 3 heterocycles. The number of Topliss-reactive ketones (excluding diaryl/α,β-unsaturated/α-hetero) is 1. The Kier molecular flexibility index (Phi) is 6.01. The van der Waals surface area contributed by atoms with Crippen LogP contribution in [0.15, 0.2) is 30.5 Å². The standard InChI is InChI=1S/C23H28N4OS/c1-15(2)13-27-8-4-5-19(14-27)22(28)11-21-10-20-9-17(6-7-18(20)12-24-21)23-26-25-16(3)29-23/h6-7,9-10,12,15,19H,4-5,8,11,13-14H2,1-3H3. The molecule has 1 fully saturated rings. The van der Waals surface area contributed by atoms with Crippen LogP contribution in [0.2, 0.25) is 0 Å². The Labute approximate surface area is 176 Å². The number of ketones is 1. The first kappa shape index (κ1) is 20.1. The van der Waals surface area contributed by atoms with Crippen LogP contribution in [0, 0.1) is 18.8 Å². The molecule has 0 saturated carbocycles. The van der Waals surface area contributed by atoms with E-state index in [1.807, 2.05) is 13.1 Å². The average Bonchev–Trinajstić information content (AvgIpc) is 3.13. The lowest BCUT2D eigenvalue weighted by Gasteiger charge is -2.33. The van der Waals surface area contributed by atoms with Crippen molar-refractivity contribution in [2.45, 2.75) is 40.0 Å². The van der Waals surface area contributed by atoms with E-state index in [2.05, 4.69) is 58.2 Å². The van der Waals surface area contributed by atoms with Crippen molar-refractivity contribution in [3.05, 3.63) is 41.2 Å². The van der Waals surface area contributed by atoms with Crippen molar-refractivity contribution < 1.29 is 4.79 Å². The Hall–Kier alpha value is -2.18. The van der Waals surface area contributed by atoms with Crippen molar-refractivity contribution in [1.29, 1.82) is 0 Å². The number of benzene rings is 1. The molecule has 0 radical (unpaired) electrons. The van der Waals surface area contributed by atoms with E-state index >= 15 is 0 Å². The smallest absolute Gasteiger partial charge is 0.147 e. The van der Waals surface area contributed by atoms with Crippen LogP contribution in [0.5, 0.6) is 0 Å². The minimum absolute atomic E-state index is 0.135. The number of hydrogen-bond donors (Lipinski definition) is 0. The molecule has 6 heteroatoms. The minimum atomic E-state index is 0.135. The third-order valence-corrected chi connectivity index (χ3v) is 6.38. The van der Waals surface area contributed by atoms with Crippen molar-refractivity contribution in [3.63, 3.8) is 0 Å². The Bertz CT molecular complexity index is 1010. The van der Waals surface area contributed by atoms with Crippen molar-refractivity contribution >= 4 is 27.9 Å². The van der Waals surface area contributed by atoms with E-state index in [1.54, 1.807) is 11.3 Å². The van der Waals surface area contributed by atoms with Gasteiger partial charge in [-0.25, -0.2) is 0 Å². The molecular weight excluding hydrogens is 380 g/mol. The number of piperidine rings is 1. The largest absolute Gasteiger partial charge is 0.302 e. The van der Waals surface area contributed by atoms with Crippen LogP contribution >= 0.6 is 11.3 Å². The number of hydrogen-bond acceptors (Lipinski definition) is 6. The Morgan fingerprint density at radius 3 is 2.86 bits per heavy atom. The van der Waals surface area contributed by atoms with Crippen molar-refractivity contribution in [2.24, 2.45) is 11.8 Å². The Morgan fingerprint density at radius 1 is 1.24 bits per heavy atom. The van der Waals surface area contributed by atoms with Crippen molar-refractivity contribution in [3.8, 4) is 10.6 Å². The minimum Gasteiger partial charge on any atom is -0.302 e. The van der Waals surface area contributed by atoms with E-state index in [4.69, 9.17) is 0 Å². The van der Waals surface area contributed by atoms with E-state index in [1.165, 1.54) is 0 Å². The number of aromatic nitrogens is 3. The zero-order valence-electron chi connectivity index (χ0n) is 17.4. The van der Waals surface area contributed by atoms with Crippen LogP contribution in [0.4, 0.5) is 0 Å². The number of carbonyl (C=O) groups is 1. The Morgan fingerprint density at radius 2 is 2.10 bits per heavy atom. The molecule has 1 aliphatic heterocycles. The lowest BCUT2D eigenvalue weighted by molar-refractivity contribution is -0.124. The Balaban J connectivity index is 1.49. The number of pyridine rings is 1. The maximum atomic E-state index is 12.9. The molecule has 1 atom stereocenters. The SMILES string of the molecule is Cc1nnc(-c2ccc3cnc(CC(=O)C4CCCN(CC(C)C)C4)cc3c2)s1. The quantitative estimate of drug-likeness (QED) is 0.599. The first-order chi connectivity index (χ1) is 14.0. The number of aryl methyl sites for hydroxylation is 1. The summed E-state index contributed by atoms with van der Waals surface area (Å²) in [5.41, 5.74) is 1.91. The second-order valence-electron chi connectivity index (χ2n) is 8.50. The van der Waals surface area contributed by atoms with Gasteiger partial charge in [-0.3, -0.25) is 9.78 Å². The molecule has 3 aromatic rings. The molecule has 1 aromatic carbocycles. The second kappa shape index (κ2) is 8.67. The van der Waals surface area contributed by atoms with E-state index in [-0.39, 0.29) is 5.92 Å². The molecule has 1 unspecified atom stereocenters. The molecule has 152 valence electrons. The summed E-state index contributed by atoms with van der Waals surface area (Å²) in [5.74, 6) is 1.09. The van der Waals surface area contributed by atoms with Gasteiger partial charge in [0, 0.05) is 48.3 Å². The molecule has 0 amide bonds. The topological polar surface area (TPSA) is 59.0 Å². The van der Waals surface area contributed by atoms with Crippen LogP contribution in [0.3, 0.4) is 0 Å².